The number of amides is 2. The Labute approximate surface area is 389 Å². The Morgan fingerprint density at radius 1 is 0.923 bits per heavy atom. The van der Waals surface area contributed by atoms with Gasteiger partial charge in [-0.25, -0.2) is 9.59 Å². The van der Waals surface area contributed by atoms with Gasteiger partial charge in [0.15, 0.2) is 0 Å². The number of nitrogens with one attached hydrogen (secondary N) is 1. The van der Waals surface area contributed by atoms with Gasteiger partial charge >= 0.3 is 12.2 Å². The first-order chi connectivity index (χ1) is 31.5. The first-order valence-electron chi connectivity index (χ1n) is 24.6. The number of carbonyl (C=O) groups excluding carboxylic acids is 2. The molecular formula is C53H79N3O9. The molecule has 3 N–H and O–H groups in total. The van der Waals surface area contributed by atoms with Crippen LogP contribution in [0.2, 0.25) is 0 Å². The number of likely N-dealkylation sites (N-methyl/N-ethyl adjacent to an activating group) is 1. The van der Waals surface area contributed by atoms with Crippen molar-refractivity contribution >= 4 is 17.9 Å². The average molecular weight is 902 g/mol. The average Bonchev–Trinajstić information content (AvgIpc) is 3.29. The van der Waals surface area contributed by atoms with Crippen molar-refractivity contribution in [1.82, 2.24) is 10.2 Å². The molecule has 1 saturated carbocycles. The van der Waals surface area contributed by atoms with E-state index in [9.17, 15) is 19.8 Å². The molecule has 3 aliphatic rings. The van der Waals surface area contributed by atoms with Gasteiger partial charge in [0.05, 0.1) is 24.8 Å². The van der Waals surface area contributed by atoms with E-state index in [1.165, 1.54) is 44.9 Å². The Hall–Kier alpha value is -4.39. The summed E-state index contributed by atoms with van der Waals surface area (Å²) < 4.78 is 26.2. The number of fused-ring (bicyclic) bond motifs is 2. The molecule has 0 saturated heterocycles. The summed E-state index contributed by atoms with van der Waals surface area (Å²) in [5.41, 5.74) is 2.84. The summed E-state index contributed by atoms with van der Waals surface area (Å²) in [7, 11) is 1.75. The highest BCUT2D eigenvalue weighted by Crippen LogP contribution is 2.62. The number of aliphatic hydroxyl groups is 2. The van der Waals surface area contributed by atoms with Crippen molar-refractivity contribution in [2.45, 2.75) is 167 Å². The SMILES string of the molecule is C=CCO[C@@]12Oc3ccc(OC(=O)NCc4ccccc4)cc3[C@H]3[C@H](CCCCO)[C@@H](CCCCO)C=C(C(=NOC(C)(C)C)C[C@@H]1N(C)C(=O)OCCCCCCCCCCCC)[C@H]32. The third-order valence-electron chi connectivity index (χ3n) is 13.0. The topological polar surface area (TPSA) is 148 Å². The molecule has 0 aromatic heterocycles. The third kappa shape index (κ3) is 14.5. The van der Waals surface area contributed by atoms with E-state index in [0.29, 0.717) is 43.2 Å². The highest BCUT2D eigenvalue weighted by molar-refractivity contribution is 6.03. The van der Waals surface area contributed by atoms with E-state index in [4.69, 9.17) is 28.9 Å². The number of rotatable bonds is 27. The zero-order chi connectivity index (χ0) is 46.7. The van der Waals surface area contributed by atoms with Crippen molar-refractivity contribution in [2.24, 2.45) is 22.9 Å². The van der Waals surface area contributed by atoms with Crippen molar-refractivity contribution in [2.75, 3.05) is 33.5 Å². The summed E-state index contributed by atoms with van der Waals surface area (Å²) in [4.78, 5) is 35.3. The van der Waals surface area contributed by atoms with Crippen LogP contribution < -0.4 is 14.8 Å². The molecule has 6 atom stereocenters. The number of ether oxygens (including phenoxy) is 4. The third-order valence-corrected chi connectivity index (χ3v) is 13.0. The standard InChI is InChI=1S/C53H79N3O9/c1-7-9-10-11-12-13-14-15-16-24-34-61-51(60)56(6)47-37-45(55-65-52(3,4)5)43-35-40(27-20-22-31-57)42(28-21-23-32-58)48-44-36-41(63-50(59)54-38-39-25-18-17-19-26-39)29-30-46(44)64-53(47,49(43)48)62-33-8-2/h8,17-19,25-26,29-30,35-36,40,42,47-49,57-58H,2,7,9-16,20-24,27-28,31-34,37-38H2,1,3-6H3,(H,54,59)/t40-,42+,47-,48+,49+,53+/m0/s1. The fraction of sp³-hybridized carbons (Fsp3) is 0.642. The van der Waals surface area contributed by atoms with Gasteiger partial charge in [-0.1, -0.05) is 125 Å². The number of nitrogens with zero attached hydrogens (tertiary/aromatic N) is 2. The van der Waals surface area contributed by atoms with Crippen molar-refractivity contribution in [3.8, 4) is 11.5 Å². The minimum Gasteiger partial charge on any atom is -0.459 e. The lowest BCUT2D eigenvalue weighted by molar-refractivity contribution is -0.253. The van der Waals surface area contributed by atoms with E-state index in [0.717, 1.165) is 61.6 Å². The number of unbranched alkanes of at least 4 members (excludes halogenated alkanes) is 11. The van der Waals surface area contributed by atoms with Crippen molar-refractivity contribution in [1.29, 1.82) is 0 Å². The minimum atomic E-state index is -1.41. The van der Waals surface area contributed by atoms with Gasteiger partial charge < -0.3 is 44.2 Å². The van der Waals surface area contributed by atoms with Crippen LogP contribution in [0.3, 0.4) is 0 Å². The normalized spacial score (nSPS) is 22.8. The fourth-order valence-electron chi connectivity index (χ4n) is 9.87. The van der Waals surface area contributed by atoms with E-state index in [1.54, 1.807) is 24.1 Å². The Morgan fingerprint density at radius 3 is 2.26 bits per heavy atom. The summed E-state index contributed by atoms with van der Waals surface area (Å²) >= 11 is 0. The minimum absolute atomic E-state index is 0.0163. The maximum Gasteiger partial charge on any atom is 0.412 e. The zero-order valence-electron chi connectivity index (χ0n) is 40.1. The van der Waals surface area contributed by atoms with Crippen LogP contribution in [-0.4, -0.2) is 83.9 Å². The Kier molecular flexibility index (Phi) is 20.7. The van der Waals surface area contributed by atoms with Crippen LogP contribution in [0, 0.1) is 17.8 Å². The molecule has 1 heterocycles. The summed E-state index contributed by atoms with van der Waals surface area (Å²) in [6, 6.07) is 14.4. The molecule has 65 heavy (non-hydrogen) atoms. The molecule has 1 fully saturated rings. The van der Waals surface area contributed by atoms with Gasteiger partial charge in [-0.3, -0.25) is 0 Å². The molecule has 12 nitrogen and oxygen atoms in total. The maximum absolute atomic E-state index is 14.2. The smallest absolute Gasteiger partial charge is 0.412 e. The van der Waals surface area contributed by atoms with Gasteiger partial charge in [0.25, 0.3) is 0 Å². The molecule has 0 spiro atoms. The van der Waals surface area contributed by atoms with E-state index in [2.05, 4.69) is 24.9 Å². The van der Waals surface area contributed by atoms with Gasteiger partial charge in [0.1, 0.15) is 23.1 Å². The second-order valence-electron chi connectivity index (χ2n) is 19.1. The van der Waals surface area contributed by atoms with Crippen LogP contribution in [-0.2, 0) is 20.9 Å². The molecule has 2 aromatic carbocycles. The van der Waals surface area contributed by atoms with Gasteiger partial charge in [-0.2, -0.15) is 0 Å². The van der Waals surface area contributed by atoms with E-state index < -0.39 is 35.5 Å². The molecule has 2 amide bonds. The number of carbonyl (C=O) groups is 2. The van der Waals surface area contributed by atoms with E-state index in [-0.39, 0.29) is 44.0 Å². The van der Waals surface area contributed by atoms with Crippen LogP contribution >= 0.6 is 0 Å². The number of benzene rings is 2. The molecule has 2 aliphatic carbocycles. The molecule has 1 aliphatic heterocycles. The van der Waals surface area contributed by atoms with Crippen molar-refractivity contribution in [3.63, 3.8) is 0 Å². The number of allylic oxidation sites excluding steroid dienone is 1. The number of hydrogen-bond acceptors (Lipinski definition) is 10. The van der Waals surface area contributed by atoms with Gasteiger partial charge in [-0.05, 0) is 94.0 Å². The first kappa shape index (κ1) is 51.6. The van der Waals surface area contributed by atoms with Crippen LogP contribution in [0.1, 0.15) is 154 Å². The fourth-order valence-corrected chi connectivity index (χ4v) is 9.87. The van der Waals surface area contributed by atoms with Crippen LogP contribution in [0.5, 0.6) is 11.5 Å². The number of aliphatic hydroxyl groups excluding tert-OH is 2. The summed E-state index contributed by atoms with van der Waals surface area (Å²) in [6.07, 6.45) is 19.5. The predicted molar refractivity (Wildman–Crippen MR) is 256 cm³/mol. The molecule has 0 radical (unpaired) electrons. The lowest BCUT2D eigenvalue weighted by atomic mass is 9.55. The van der Waals surface area contributed by atoms with Gasteiger partial charge in [-0.15, -0.1) is 6.58 Å². The van der Waals surface area contributed by atoms with Crippen molar-refractivity contribution < 1.29 is 43.6 Å². The summed E-state index contributed by atoms with van der Waals surface area (Å²) in [5.74, 6) is -1.17. The van der Waals surface area contributed by atoms with Gasteiger partial charge in [0, 0.05) is 44.7 Å². The maximum atomic E-state index is 14.2. The number of hydrogen-bond donors (Lipinski definition) is 3. The lowest BCUT2D eigenvalue weighted by Crippen LogP contribution is -2.69. The Balaban J connectivity index is 1.53. The quantitative estimate of drug-likeness (QED) is 0.0453. The second-order valence-corrected chi connectivity index (χ2v) is 19.1. The largest absolute Gasteiger partial charge is 0.459 e. The van der Waals surface area contributed by atoms with E-state index >= 15 is 0 Å². The monoisotopic (exact) mass is 902 g/mol. The second kappa shape index (κ2) is 26.1. The first-order valence-corrected chi connectivity index (χ1v) is 24.6. The molecule has 5 rings (SSSR count). The highest BCUT2D eigenvalue weighted by Gasteiger charge is 2.65. The molecule has 12 heteroatoms. The Bertz CT molecular complexity index is 1840. The number of oxime groups is 1. The van der Waals surface area contributed by atoms with Gasteiger partial charge in [0.2, 0.25) is 5.79 Å². The zero-order valence-corrected chi connectivity index (χ0v) is 40.1. The highest BCUT2D eigenvalue weighted by atomic mass is 16.7. The van der Waals surface area contributed by atoms with Crippen LogP contribution in [0.4, 0.5) is 9.59 Å². The molecule has 360 valence electrons. The molecule has 0 unspecified atom stereocenters. The van der Waals surface area contributed by atoms with Crippen molar-refractivity contribution in [3.05, 3.63) is 84.0 Å². The molecule has 2 aromatic rings. The summed E-state index contributed by atoms with van der Waals surface area (Å²) in [6.45, 7) is 13.1. The molecular weight excluding hydrogens is 823 g/mol. The lowest BCUT2D eigenvalue weighted by Gasteiger charge is -2.59. The predicted octanol–water partition coefficient (Wildman–Crippen LogP) is 11.4. The van der Waals surface area contributed by atoms with Crippen LogP contribution in [0.15, 0.2) is 78.0 Å². The Morgan fingerprint density at radius 2 is 1.60 bits per heavy atom. The molecule has 0 bridgehead atoms. The van der Waals surface area contributed by atoms with Crippen LogP contribution in [0.25, 0.3) is 0 Å². The van der Waals surface area contributed by atoms with E-state index in [1.807, 2.05) is 63.2 Å². The summed E-state index contributed by atoms with van der Waals surface area (Å²) in [5, 5.41) is 27.6.